The molecule has 2 aromatic rings. The molecule has 0 atom stereocenters. The molecule has 0 unspecified atom stereocenters. The molecule has 2 rings (SSSR count). The van der Waals surface area contributed by atoms with Gasteiger partial charge in [-0.2, -0.15) is 5.26 Å². The molecule has 1 heterocycles. The molecule has 0 spiro atoms. The van der Waals surface area contributed by atoms with Crippen molar-refractivity contribution < 1.29 is 0 Å². The molecule has 19 heavy (non-hydrogen) atoms. The van der Waals surface area contributed by atoms with Gasteiger partial charge in [-0.15, -0.1) is 10.2 Å². The summed E-state index contributed by atoms with van der Waals surface area (Å²) in [5.41, 5.74) is 8.57. The molecular formula is C13H15N5S. The van der Waals surface area contributed by atoms with Crippen LogP contribution in [0, 0.1) is 18.3 Å². The molecule has 0 radical (unpaired) electrons. The number of rotatable bonds is 4. The van der Waals surface area contributed by atoms with Crippen molar-refractivity contribution in [1.82, 2.24) is 14.8 Å². The summed E-state index contributed by atoms with van der Waals surface area (Å²) in [6.45, 7) is 2.40. The van der Waals surface area contributed by atoms with Crippen molar-refractivity contribution in [3.8, 4) is 6.07 Å². The zero-order chi connectivity index (χ0) is 13.8. The number of thioether (sulfide) groups is 1. The molecule has 1 aromatic carbocycles. The van der Waals surface area contributed by atoms with Crippen molar-refractivity contribution >= 4 is 11.8 Å². The Bertz CT molecular complexity index is 626. The summed E-state index contributed by atoms with van der Waals surface area (Å²) in [4.78, 5) is 0. The molecular weight excluding hydrogens is 258 g/mol. The highest BCUT2D eigenvalue weighted by Crippen LogP contribution is 2.23. The van der Waals surface area contributed by atoms with Crippen LogP contribution in [-0.4, -0.2) is 14.8 Å². The van der Waals surface area contributed by atoms with Crippen LogP contribution in [-0.2, 0) is 19.3 Å². The lowest BCUT2D eigenvalue weighted by Crippen LogP contribution is -2.05. The summed E-state index contributed by atoms with van der Waals surface area (Å²) in [6, 6.07) is 7.87. The predicted molar refractivity (Wildman–Crippen MR) is 74.3 cm³/mol. The van der Waals surface area contributed by atoms with Crippen molar-refractivity contribution in [2.45, 2.75) is 24.4 Å². The highest BCUT2D eigenvalue weighted by molar-refractivity contribution is 7.98. The van der Waals surface area contributed by atoms with Gasteiger partial charge in [-0.05, 0) is 30.2 Å². The quantitative estimate of drug-likeness (QED) is 0.858. The van der Waals surface area contributed by atoms with E-state index in [4.69, 9.17) is 11.0 Å². The monoisotopic (exact) mass is 273 g/mol. The van der Waals surface area contributed by atoms with Gasteiger partial charge in [0.15, 0.2) is 5.16 Å². The third-order valence-electron chi connectivity index (χ3n) is 2.94. The molecule has 98 valence electrons. The van der Waals surface area contributed by atoms with Gasteiger partial charge in [0.25, 0.3) is 0 Å². The van der Waals surface area contributed by atoms with Crippen LogP contribution < -0.4 is 5.73 Å². The Labute approximate surface area is 116 Å². The molecule has 6 heteroatoms. The third-order valence-corrected chi connectivity index (χ3v) is 4.01. The minimum Gasteiger partial charge on any atom is -0.324 e. The largest absolute Gasteiger partial charge is 0.324 e. The molecule has 0 amide bonds. The minimum atomic E-state index is 0.389. The zero-order valence-electron chi connectivity index (χ0n) is 10.9. The first-order valence-corrected chi connectivity index (χ1v) is 6.85. The number of aromatic nitrogens is 3. The van der Waals surface area contributed by atoms with Gasteiger partial charge in [0, 0.05) is 12.8 Å². The summed E-state index contributed by atoms with van der Waals surface area (Å²) in [5, 5.41) is 17.8. The van der Waals surface area contributed by atoms with Crippen LogP contribution >= 0.6 is 11.8 Å². The first-order chi connectivity index (χ1) is 9.15. The molecule has 0 bridgehead atoms. The number of nitriles is 1. The Balaban J connectivity index is 2.10. The summed E-state index contributed by atoms with van der Waals surface area (Å²) in [5.74, 6) is 1.58. The van der Waals surface area contributed by atoms with Gasteiger partial charge < -0.3 is 10.3 Å². The topological polar surface area (TPSA) is 80.5 Å². The predicted octanol–water partition coefficient (Wildman–Crippen LogP) is 1.75. The average Bonchev–Trinajstić information content (AvgIpc) is 2.78. The second kappa shape index (κ2) is 5.87. The van der Waals surface area contributed by atoms with E-state index in [9.17, 15) is 0 Å². The van der Waals surface area contributed by atoms with Gasteiger partial charge in [-0.1, -0.05) is 17.8 Å². The maximum absolute atomic E-state index is 8.84. The number of hydrogen-bond donors (Lipinski definition) is 1. The van der Waals surface area contributed by atoms with Crippen LogP contribution in [0.25, 0.3) is 0 Å². The lowest BCUT2D eigenvalue weighted by atomic mass is 10.1. The van der Waals surface area contributed by atoms with E-state index in [1.807, 2.05) is 36.7 Å². The van der Waals surface area contributed by atoms with E-state index >= 15 is 0 Å². The highest BCUT2D eigenvalue weighted by atomic mass is 32.2. The van der Waals surface area contributed by atoms with E-state index < -0.39 is 0 Å². The summed E-state index contributed by atoms with van der Waals surface area (Å²) >= 11 is 1.61. The minimum absolute atomic E-state index is 0.389. The number of nitrogens with zero attached hydrogens (tertiary/aromatic N) is 4. The van der Waals surface area contributed by atoms with E-state index in [1.54, 1.807) is 11.8 Å². The van der Waals surface area contributed by atoms with Gasteiger partial charge in [0.05, 0.1) is 18.2 Å². The second-order valence-electron chi connectivity index (χ2n) is 4.20. The molecule has 1 aromatic heterocycles. The van der Waals surface area contributed by atoms with E-state index in [0.717, 1.165) is 22.3 Å². The molecule has 5 nitrogen and oxygen atoms in total. The Kier molecular flexibility index (Phi) is 4.20. The van der Waals surface area contributed by atoms with Gasteiger partial charge in [-0.3, -0.25) is 0 Å². The molecule has 0 aliphatic heterocycles. The summed E-state index contributed by atoms with van der Waals surface area (Å²) < 4.78 is 1.91. The number of aryl methyl sites for hydroxylation is 1. The Hall–Kier alpha value is -1.84. The van der Waals surface area contributed by atoms with Crippen molar-refractivity contribution in [3.63, 3.8) is 0 Å². The van der Waals surface area contributed by atoms with Crippen LogP contribution in [0.1, 0.15) is 22.5 Å². The van der Waals surface area contributed by atoms with Crippen molar-refractivity contribution in [2.24, 2.45) is 12.8 Å². The average molecular weight is 273 g/mol. The van der Waals surface area contributed by atoms with Crippen LogP contribution in [0.5, 0.6) is 0 Å². The highest BCUT2D eigenvalue weighted by Gasteiger charge is 2.08. The lowest BCUT2D eigenvalue weighted by molar-refractivity contribution is 0.734. The number of hydrogen-bond acceptors (Lipinski definition) is 5. The van der Waals surface area contributed by atoms with E-state index in [0.29, 0.717) is 12.1 Å². The normalized spacial score (nSPS) is 10.4. The fraction of sp³-hybridized carbons (Fsp3) is 0.308. The third kappa shape index (κ3) is 2.95. The van der Waals surface area contributed by atoms with Crippen LogP contribution in [0.3, 0.4) is 0 Å². The van der Waals surface area contributed by atoms with Crippen molar-refractivity contribution in [1.29, 1.82) is 5.26 Å². The standard InChI is InChI=1S/C13H15N5S/c1-9-5-10(6-14)3-4-11(9)8-19-13-17-16-12(7-15)18(13)2/h3-5H,7-8,15H2,1-2H3. The maximum atomic E-state index is 8.84. The molecule has 0 fully saturated rings. The SMILES string of the molecule is Cc1cc(C#N)ccc1CSc1nnc(CN)n1C. The number of benzene rings is 1. The molecule has 0 aliphatic rings. The second-order valence-corrected chi connectivity index (χ2v) is 5.15. The van der Waals surface area contributed by atoms with Crippen LogP contribution in [0.15, 0.2) is 23.4 Å². The summed E-state index contributed by atoms with van der Waals surface area (Å²) in [6.07, 6.45) is 0. The van der Waals surface area contributed by atoms with Crippen molar-refractivity contribution in [3.05, 3.63) is 40.7 Å². The Morgan fingerprint density at radius 1 is 1.42 bits per heavy atom. The van der Waals surface area contributed by atoms with E-state index in [1.165, 1.54) is 5.56 Å². The first kappa shape index (κ1) is 13.6. The lowest BCUT2D eigenvalue weighted by Gasteiger charge is -2.06. The number of nitrogens with two attached hydrogens (primary N) is 1. The van der Waals surface area contributed by atoms with Gasteiger partial charge in [0.2, 0.25) is 0 Å². The fourth-order valence-electron chi connectivity index (χ4n) is 1.72. The van der Waals surface area contributed by atoms with Gasteiger partial charge in [-0.25, -0.2) is 0 Å². The zero-order valence-corrected chi connectivity index (χ0v) is 11.7. The maximum Gasteiger partial charge on any atom is 0.191 e. The van der Waals surface area contributed by atoms with Gasteiger partial charge >= 0.3 is 0 Å². The molecule has 0 aliphatic carbocycles. The van der Waals surface area contributed by atoms with E-state index in [-0.39, 0.29) is 0 Å². The van der Waals surface area contributed by atoms with E-state index in [2.05, 4.69) is 16.3 Å². The Morgan fingerprint density at radius 3 is 2.79 bits per heavy atom. The summed E-state index contributed by atoms with van der Waals surface area (Å²) in [7, 11) is 1.91. The first-order valence-electron chi connectivity index (χ1n) is 5.86. The van der Waals surface area contributed by atoms with Crippen molar-refractivity contribution in [2.75, 3.05) is 0 Å². The molecule has 0 saturated heterocycles. The smallest absolute Gasteiger partial charge is 0.191 e. The van der Waals surface area contributed by atoms with Crippen LogP contribution in [0.4, 0.5) is 0 Å². The van der Waals surface area contributed by atoms with Gasteiger partial charge in [0.1, 0.15) is 5.82 Å². The fourth-order valence-corrected chi connectivity index (χ4v) is 2.72. The Morgan fingerprint density at radius 2 is 2.21 bits per heavy atom. The molecule has 0 saturated carbocycles. The molecule has 2 N–H and O–H groups in total. The van der Waals surface area contributed by atoms with Crippen LogP contribution in [0.2, 0.25) is 0 Å².